The van der Waals surface area contributed by atoms with Crippen LogP contribution in [0.15, 0.2) is 54.1 Å². The summed E-state index contributed by atoms with van der Waals surface area (Å²) in [6.07, 6.45) is 0. The van der Waals surface area contributed by atoms with Crippen LogP contribution in [0.4, 0.5) is 10.5 Å². The number of rotatable bonds is 3. The number of nitrogens with zero attached hydrogens (tertiary/aromatic N) is 1. The van der Waals surface area contributed by atoms with Crippen LogP contribution in [-0.4, -0.2) is 39.5 Å². The average Bonchev–Trinajstić information content (AvgIpc) is 3.14. The molecule has 4 amide bonds. The Bertz CT molecular complexity index is 1140. The Hall–Kier alpha value is -3.69. The Balaban J connectivity index is 2.02. The molecular formula is C20H14ClN3O6. The van der Waals surface area contributed by atoms with E-state index in [2.05, 4.69) is 5.32 Å². The van der Waals surface area contributed by atoms with E-state index < -0.39 is 47.2 Å². The van der Waals surface area contributed by atoms with Gasteiger partial charge in [0.15, 0.2) is 0 Å². The number of carbonyl (C=O) groups is 4. The molecular weight excluding hydrogens is 414 g/mol. The Kier molecular flexibility index (Phi) is 4.56. The van der Waals surface area contributed by atoms with Crippen molar-refractivity contribution in [3.63, 3.8) is 0 Å². The molecule has 0 bridgehead atoms. The van der Waals surface area contributed by atoms with Crippen molar-refractivity contribution in [2.45, 2.75) is 12.3 Å². The summed E-state index contributed by atoms with van der Waals surface area (Å²) in [7, 11) is 0. The number of hydrogen-bond donors (Lipinski definition) is 4. The summed E-state index contributed by atoms with van der Waals surface area (Å²) in [5.74, 6) is -4.00. The summed E-state index contributed by atoms with van der Waals surface area (Å²) in [4.78, 5) is 51.7. The molecule has 4 rings (SSSR count). The third kappa shape index (κ3) is 2.67. The van der Waals surface area contributed by atoms with Crippen LogP contribution in [0.5, 0.6) is 0 Å². The fraction of sp³-hybridized carbons (Fsp3) is 0.100. The van der Waals surface area contributed by atoms with Crippen molar-refractivity contribution in [1.82, 2.24) is 10.6 Å². The normalized spacial score (nSPS) is 22.5. The number of Topliss-reactive ketones (excluding diaryl/α,β-unsaturated/α-hetero) is 1. The minimum atomic E-state index is -2.32. The zero-order chi connectivity index (χ0) is 21.6. The SMILES string of the molecule is O=C1NC(=O)C2(N1)/C(=C(\O)c1ccc(Cl)cc1)C(=O)C(=O)N2c1ccccc1CO. The molecule has 2 heterocycles. The van der Waals surface area contributed by atoms with Gasteiger partial charge in [-0.25, -0.2) is 4.79 Å². The molecule has 4 N–H and O–H groups in total. The number of aliphatic hydroxyl groups excluding tert-OH is 2. The highest BCUT2D eigenvalue weighted by Crippen LogP contribution is 2.42. The molecule has 2 aromatic carbocycles. The average molecular weight is 428 g/mol. The van der Waals surface area contributed by atoms with E-state index in [1.54, 1.807) is 6.07 Å². The quantitative estimate of drug-likeness (QED) is 0.252. The number of hydrogen-bond acceptors (Lipinski definition) is 6. The minimum Gasteiger partial charge on any atom is -0.507 e. The number of carbonyl (C=O) groups excluding carboxylic acids is 4. The van der Waals surface area contributed by atoms with E-state index in [1.807, 2.05) is 5.32 Å². The molecule has 0 aromatic heterocycles. The summed E-state index contributed by atoms with van der Waals surface area (Å²) in [6, 6.07) is 10.8. The third-order valence-corrected chi connectivity index (χ3v) is 5.18. The summed E-state index contributed by atoms with van der Waals surface area (Å²) < 4.78 is 0. The van der Waals surface area contributed by atoms with E-state index in [9.17, 15) is 29.4 Å². The summed E-state index contributed by atoms with van der Waals surface area (Å²) in [5, 5.41) is 25.2. The standard InChI is InChI=1S/C20H14ClN3O6/c21-12-7-5-10(6-8-12)15(26)14-16(27)17(28)24(13-4-2-1-3-11(13)9-25)20(14)18(29)22-19(30)23-20/h1-8,25-26H,9H2,(H2,22,23,29,30)/b15-14-. The number of aliphatic hydroxyl groups is 2. The number of benzene rings is 2. The van der Waals surface area contributed by atoms with Crippen LogP contribution in [0.1, 0.15) is 11.1 Å². The zero-order valence-electron chi connectivity index (χ0n) is 15.2. The van der Waals surface area contributed by atoms with Crippen LogP contribution in [-0.2, 0) is 21.0 Å². The Morgan fingerprint density at radius 2 is 1.70 bits per heavy atom. The Labute approximate surface area is 174 Å². The molecule has 2 aliphatic rings. The molecule has 2 fully saturated rings. The highest BCUT2D eigenvalue weighted by Gasteiger charge is 2.66. The first-order valence-electron chi connectivity index (χ1n) is 8.72. The van der Waals surface area contributed by atoms with Gasteiger partial charge in [0, 0.05) is 16.1 Å². The molecule has 152 valence electrons. The number of para-hydroxylation sites is 1. The molecule has 2 aromatic rings. The molecule has 2 aliphatic heterocycles. The van der Waals surface area contributed by atoms with Gasteiger partial charge in [0.05, 0.1) is 12.3 Å². The predicted octanol–water partition coefficient (Wildman–Crippen LogP) is 1.25. The first-order chi connectivity index (χ1) is 14.3. The third-order valence-electron chi connectivity index (χ3n) is 4.93. The van der Waals surface area contributed by atoms with Gasteiger partial charge >= 0.3 is 11.9 Å². The van der Waals surface area contributed by atoms with Gasteiger partial charge in [0.2, 0.25) is 5.66 Å². The second kappa shape index (κ2) is 6.97. The number of anilines is 1. The van der Waals surface area contributed by atoms with Crippen LogP contribution in [0.2, 0.25) is 5.02 Å². The number of nitrogens with one attached hydrogen (secondary N) is 2. The van der Waals surface area contributed by atoms with Crippen molar-refractivity contribution < 1.29 is 29.4 Å². The Morgan fingerprint density at radius 3 is 2.30 bits per heavy atom. The second-order valence-corrected chi connectivity index (χ2v) is 7.04. The molecule has 2 saturated heterocycles. The molecule has 30 heavy (non-hydrogen) atoms. The first kappa shape index (κ1) is 19.6. The molecule has 10 heteroatoms. The number of amides is 4. The predicted molar refractivity (Wildman–Crippen MR) is 105 cm³/mol. The fourth-order valence-corrected chi connectivity index (χ4v) is 3.73. The van der Waals surface area contributed by atoms with E-state index in [1.165, 1.54) is 42.5 Å². The molecule has 0 radical (unpaired) electrons. The lowest BCUT2D eigenvalue weighted by atomic mass is 9.94. The van der Waals surface area contributed by atoms with Gasteiger partial charge in [-0.15, -0.1) is 0 Å². The van der Waals surface area contributed by atoms with Crippen LogP contribution >= 0.6 is 11.6 Å². The van der Waals surface area contributed by atoms with E-state index in [0.29, 0.717) is 5.02 Å². The lowest BCUT2D eigenvalue weighted by molar-refractivity contribution is -0.132. The van der Waals surface area contributed by atoms with Crippen LogP contribution in [0.3, 0.4) is 0 Å². The van der Waals surface area contributed by atoms with E-state index in [4.69, 9.17) is 11.6 Å². The van der Waals surface area contributed by atoms with Gasteiger partial charge < -0.3 is 15.5 Å². The van der Waals surface area contributed by atoms with Gasteiger partial charge in [0.25, 0.3) is 11.7 Å². The van der Waals surface area contributed by atoms with E-state index in [0.717, 1.165) is 4.90 Å². The zero-order valence-corrected chi connectivity index (χ0v) is 15.9. The van der Waals surface area contributed by atoms with Gasteiger partial charge in [-0.2, -0.15) is 0 Å². The lowest BCUT2D eigenvalue weighted by Crippen LogP contribution is -2.60. The minimum absolute atomic E-state index is 0.0367. The van der Waals surface area contributed by atoms with E-state index >= 15 is 0 Å². The van der Waals surface area contributed by atoms with Crippen molar-refractivity contribution in [2.75, 3.05) is 4.90 Å². The maximum atomic E-state index is 13.0. The van der Waals surface area contributed by atoms with Crippen LogP contribution < -0.4 is 15.5 Å². The monoisotopic (exact) mass is 427 g/mol. The number of imide groups is 1. The fourth-order valence-electron chi connectivity index (χ4n) is 3.60. The van der Waals surface area contributed by atoms with Crippen molar-refractivity contribution in [2.24, 2.45) is 0 Å². The van der Waals surface area contributed by atoms with E-state index in [-0.39, 0.29) is 16.8 Å². The van der Waals surface area contributed by atoms with Gasteiger partial charge in [0.1, 0.15) is 11.3 Å². The molecule has 1 unspecified atom stereocenters. The van der Waals surface area contributed by atoms with Gasteiger partial charge in [-0.05, 0) is 30.3 Å². The first-order valence-corrected chi connectivity index (χ1v) is 9.10. The van der Waals surface area contributed by atoms with Crippen LogP contribution in [0.25, 0.3) is 5.76 Å². The largest absolute Gasteiger partial charge is 0.507 e. The molecule has 0 aliphatic carbocycles. The van der Waals surface area contributed by atoms with Crippen molar-refractivity contribution in [3.05, 3.63) is 70.3 Å². The molecule has 1 atom stereocenters. The second-order valence-electron chi connectivity index (χ2n) is 6.61. The van der Waals surface area contributed by atoms with Gasteiger partial charge in [-0.1, -0.05) is 29.8 Å². The van der Waals surface area contributed by atoms with Crippen LogP contribution in [0, 0.1) is 0 Å². The number of urea groups is 1. The van der Waals surface area contributed by atoms with Gasteiger partial charge in [-0.3, -0.25) is 24.6 Å². The van der Waals surface area contributed by atoms with Crippen molar-refractivity contribution >= 4 is 46.7 Å². The topological polar surface area (TPSA) is 136 Å². The Morgan fingerprint density at radius 1 is 1.03 bits per heavy atom. The van der Waals surface area contributed by atoms with Crippen molar-refractivity contribution in [1.29, 1.82) is 0 Å². The smallest absolute Gasteiger partial charge is 0.324 e. The maximum Gasteiger partial charge on any atom is 0.324 e. The molecule has 9 nitrogen and oxygen atoms in total. The highest BCUT2D eigenvalue weighted by molar-refractivity contribution is 6.55. The maximum absolute atomic E-state index is 13.0. The lowest BCUT2D eigenvalue weighted by Gasteiger charge is -2.33. The highest BCUT2D eigenvalue weighted by atomic mass is 35.5. The molecule has 0 saturated carbocycles. The number of ketones is 1. The summed E-state index contributed by atoms with van der Waals surface area (Å²) in [6.45, 7) is -0.498. The summed E-state index contributed by atoms with van der Waals surface area (Å²) >= 11 is 5.86. The van der Waals surface area contributed by atoms with Crippen molar-refractivity contribution in [3.8, 4) is 0 Å². The summed E-state index contributed by atoms with van der Waals surface area (Å²) in [5.41, 5.74) is -2.54. The number of halogens is 1. The molecule has 1 spiro atoms.